The standard InChI is InChI=1S/C26H38N4O6S2/c1-26(2,3)36-25(33)29-17-38-16-22(29)24(32)28-21(15-37-14-19-7-5-4-6-8-19)23(31)27-13-18-9-11-20(12-10-18)30(34)35/h9-12,19,21-22H,4-8,13-17H2,1-3H3,(H,27,31)(H,28,32)/t21-,22-/m0/s1. The first-order valence-electron chi connectivity index (χ1n) is 13.0. The van der Waals surface area contributed by atoms with Crippen molar-refractivity contribution in [2.45, 2.75) is 77.1 Å². The molecule has 0 radical (unpaired) electrons. The molecule has 3 rings (SSSR count). The van der Waals surface area contributed by atoms with Crippen molar-refractivity contribution in [3.8, 4) is 0 Å². The molecular weight excluding hydrogens is 528 g/mol. The third-order valence-electron chi connectivity index (χ3n) is 6.42. The molecule has 1 saturated carbocycles. The molecule has 210 valence electrons. The average Bonchev–Trinajstić information content (AvgIpc) is 3.37. The number of hydrogen-bond acceptors (Lipinski definition) is 8. The molecule has 2 fully saturated rings. The molecule has 38 heavy (non-hydrogen) atoms. The summed E-state index contributed by atoms with van der Waals surface area (Å²) in [6.07, 6.45) is 5.59. The van der Waals surface area contributed by atoms with Crippen LogP contribution < -0.4 is 10.6 Å². The molecule has 2 aliphatic rings. The predicted molar refractivity (Wildman–Crippen MR) is 150 cm³/mol. The highest BCUT2D eigenvalue weighted by atomic mass is 32.2. The van der Waals surface area contributed by atoms with Crippen molar-refractivity contribution >= 4 is 47.1 Å². The van der Waals surface area contributed by atoms with Crippen molar-refractivity contribution in [1.29, 1.82) is 0 Å². The molecule has 10 nitrogen and oxygen atoms in total. The zero-order valence-corrected chi connectivity index (χ0v) is 23.9. The van der Waals surface area contributed by atoms with E-state index in [1.807, 2.05) is 0 Å². The van der Waals surface area contributed by atoms with E-state index in [4.69, 9.17) is 4.74 Å². The quantitative estimate of drug-likeness (QED) is 0.316. The third kappa shape index (κ3) is 9.37. The molecule has 0 aromatic heterocycles. The van der Waals surface area contributed by atoms with E-state index in [0.717, 1.165) is 5.75 Å². The van der Waals surface area contributed by atoms with Crippen LogP contribution in [0.1, 0.15) is 58.4 Å². The Balaban J connectivity index is 1.62. The van der Waals surface area contributed by atoms with E-state index in [-0.39, 0.29) is 24.0 Å². The highest BCUT2D eigenvalue weighted by Crippen LogP contribution is 2.27. The number of carbonyl (C=O) groups excluding carboxylic acids is 3. The minimum absolute atomic E-state index is 0.0201. The van der Waals surface area contributed by atoms with E-state index < -0.39 is 28.7 Å². The largest absolute Gasteiger partial charge is 0.444 e. The van der Waals surface area contributed by atoms with Crippen LogP contribution in [0.2, 0.25) is 0 Å². The smallest absolute Gasteiger partial charge is 0.411 e. The van der Waals surface area contributed by atoms with Gasteiger partial charge in [-0.15, -0.1) is 11.8 Å². The van der Waals surface area contributed by atoms with Gasteiger partial charge in [0.25, 0.3) is 5.69 Å². The van der Waals surface area contributed by atoms with Gasteiger partial charge in [0.2, 0.25) is 11.8 Å². The summed E-state index contributed by atoms with van der Waals surface area (Å²) in [4.78, 5) is 50.9. The SMILES string of the molecule is CC(C)(C)OC(=O)N1CSC[C@H]1C(=O)N[C@@H](CSCC1CCCCC1)C(=O)NCc1ccc([N+](=O)[O-])cc1. The topological polar surface area (TPSA) is 131 Å². The van der Waals surface area contributed by atoms with Crippen molar-refractivity contribution in [2.75, 3.05) is 23.1 Å². The summed E-state index contributed by atoms with van der Waals surface area (Å²) in [6.45, 7) is 5.51. The van der Waals surface area contributed by atoms with Gasteiger partial charge in [0.15, 0.2) is 0 Å². The number of nitrogens with one attached hydrogen (secondary N) is 2. The van der Waals surface area contributed by atoms with E-state index in [0.29, 0.717) is 28.9 Å². The third-order valence-corrected chi connectivity index (χ3v) is 8.71. The van der Waals surface area contributed by atoms with Gasteiger partial charge in [0.05, 0.1) is 10.8 Å². The van der Waals surface area contributed by atoms with E-state index >= 15 is 0 Å². The summed E-state index contributed by atoms with van der Waals surface area (Å²) >= 11 is 3.13. The van der Waals surface area contributed by atoms with Gasteiger partial charge in [-0.1, -0.05) is 31.4 Å². The van der Waals surface area contributed by atoms with Crippen LogP contribution in [0, 0.1) is 16.0 Å². The summed E-state index contributed by atoms with van der Waals surface area (Å²) in [5.74, 6) is 2.04. The van der Waals surface area contributed by atoms with Crippen molar-refractivity contribution in [1.82, 2.24) is 15.5 Å². The number of amides is 3. The van der Waals surface area contributed by atoms with Gasteiger partial charge in [-0.2, -0.15) is 11.8 Å². The highest BCUT2D eigenvalue weighted by Gasteiger charge is 2.38. The lowest BCUT2D eigenvalue weighted by atomic mass is 9.91. The Morgan fingerprint density at radius 2 is 1.87 bits per heavy atom. The van der Waals surface area contributed by atoms with Gasteiger partial charge in [-0.25, -0.2) is 4.79 Å². The zero-order valence-electron chi connectivity index (χ0n) is 22.3. The molecule has 1 aliphatic heterocycles. The summed E-state index contributed by atoms with van der Waals surface area (Å²) in [5.41, 5.74) is 0.0157. The van der Waals surface area contributed by atoms with Crippen molar-refractivity contribution < 1.29 is 24.0 Å². The van der Waals surface area contributed by atoms with Gasteiger partial charge in [-0.3, -0.25) is 24.6 Å². The predicted octanol–water partition coefficient (Wildman–Crippen LogP) is 4.32. The average molecular weight is 567 g/mol. The molecule has 1 heterocycles. The van der Waals surface area contributed by atoms with Gasteiger partial charge in [0.1, 0.15) is 17.7 Å². The highest BCUT2D eigenvalue weighted by molar-refractivity contribution is 7.99. The number of nitro benzene ring substituents is 1. The number of rotatable bonds is 10. The van der Waals surface area contributed by atoms with E-state index in [9.17, 15) is 24.5 Å². The summed E-state index contributed by atoms with van der Waals surface area (Å²) in [7, 11) is 0. The molecule has 3 amide bonds. The Kier molecular flexibility index (Phi) is 11.1. The van der Waals surface area contributed by atoms with Crippen LogP contribution in [0.3, 0.4) is 0 Å². The molecule has 0 spiro atoms. The fourth-order valence-corrected chi connectivity index (χ4v) is 6.78. The van der Waals surface area contributed by atoms with Crippen molar-refractivity contribution in [3.63, 3.8) is 0 Å². The fourth-order valence-electron chi connectivity index (χ4n) is 4.37. The minimum atomic E-state index is -0.778. The van der Waals surface area contributed by atoms with Gasteiger partial charge < -0.3 is 15.4 Å². The minimum Gasteiger partial charge on any atom is -0.444 e. The fraction of sp³-hybridized carbons (Fsp3) is 0.654. The second-order valence-corrected chi connectivity index (χ2v) is 12.8. The zero-order chi connectivity index (χ0) is 27.7. The maximum atomic E-state index is 13.3. The van der Waals surface area contributed by atoms with Crippen molar-refractivity contribution in [3.05, 3.63) is 39.9 Å². The van der Waals surface area contributed by atoms with Gasteiger partial charge in [-0.05, 0) is 50.8 Å². The Labute approximate surface area is 232 Å². The first kappa shape index (κ1) is 30.1. The molecule has 2 atom stereocenters. The van der Waals surface area contributed by atoms with Crippen LogP contribution >= 0.6 is 23.5 Å². The first-order chi connectivity index (χ1) is 18.0. The summed E-state index contributed by atoms with van der Waals surface area (Å²) < 4.78 is 5.47. The number of ether oxygens (including phenoxy) is 1. The molecule has 1 saturated heterocycles. The van der Waals surface area contributed by atoms with Gasteiger partial charge in [0, 0.05) is 30.2 Å². The van der Waals surface area contributed by atoms with Crippen LogP contribution in [0.25, 0.3) is 0 Å². The van der Waals surface area contributed by atoms with E-state index in [1.54, 1.807) is 44.7 Å². The summed E-state index contributed by atoms with van der Waals surface area (Å²) in [6, 6.07) is 4.48. The number of nitrogens with zero attached hydrogens (tertiary/aromatic N) is 2. The number of nitro groups is 1. The van der Waals surface area contributed by atoms with Crippen LogP contribution in [-0.2, 0) is 20.9 Å². The molecule has 12 heteroatoms. The Morgan fingerprint density at radius 1 is 1.18 bits per heavy atom. The monoisotopic (exact) mass is 566 g/mol. The van der Waals surface area contributed by atoms with E-state index in [2.05, 4.69) is 10.6 Å². The Bertz CT molecular complexity index is 979. The van der Waals surface area contributed by atoms with Crippen LogP contribution in [-0.4, -0.2) is 68.6 Å². The Hall–Kier alpha value is -2.47. The van der Waals surface area contributed by atoms with E-state index in [1.165, 1.54) is 60.9 Å². The normalized spacial score (nSPS) is 19.0. The Morgan fingerprint density at radius 3 is 2.50 bits per heavy atom. The second-order valence-electron chi connectivity index (χ2n) is 10.7. The molecule has 1 aromatic carbocycles. The number of non-ortho nitro benzene ring substituents is 1. The molecule has 2 N–H and O–H groups in total. The number of carbonyl (C=O) groups is 3. The maximum Gasteiger partial charge on any atom is 0.411 e. The molecule has 1 aliphatic carbocycles. The van der Waals surface area contributed by atoms with Gasteiger partial charge >= 0.3 is 6.09 Å². The van der Waals surface area contributed by atoms with Crippen LogP contribution in [0.5, 0.6) is 0 Å². The number of benzene rings is 1. The number of hydrogen-bond donors (Lipinski definition) is 2. The maximum absolute atomic E-state index is 13.3. The van der Waals surface area contributed by atoms with Crippen molar-refractivity contribution in [2.24, 2.45) is 5.92 Å². The van der Waals surface area contributed by atoms with Crippen LogP contribution in [0.15, 0.2) is 24.3 Å². The number of thioether (sulfide) groups is 2. The summed E-state index contributed by atoms with van der Waals surface area (Å²) in [5, 5.41) is 16.6. The lowest BCUT2D eigenvalue weighted by Gasteiger charge is -2.28. The van der Waals surface area contributed by atoms with Crippen LogP contribution in [0.4, 0.5) is 10.5 Å². The molecule has 0 unspecified atom stereocenters. The molecule has 1 aromatic rings. The lowest BCUT2D eigenvalue weighted by molar-refractivity contribution is -0.384. The molecule has 0 bridgehead atoms. The second kappa shape index (κ2) is 14.1. The first-order valence-corrected chi connectivity index (χ1v) is 15.3. The lowest BCUT2D eigenvalue weighted by Crippen LogP contribution is -2.55. The molecular formula is C26H38N4O6S2.